The van der Waals surface area contributed by atoms with Crippen molar-refractivity contribution in [3.05, 3.63) is 45.9 Å². The molecule has 1 aliphatic heterocycles. The summed E-state index contributed by atoms with van der Waals surface area (Å²) < 4.78 is 0. The van der Waals surface area contributed by atoms with Gasteiger partial charge in [-0.2, -0.15) is 0 Å². The number of fused-ring (bicyclic) bond motifs is 1. The molecule has 0 fully saturated rings. The molecule has 3 rings (SSSR count). The quantitative estimate of drug-likeness (QED) is 0.588. The Bertz CT molecular complexity index is 755. The lowest BCUT2D eigenvalue weighted by Gasteiger charge is -2.26. The summed E-state index contributed by atoms with van der Waals surface area (Å²) in [6, 6.07) is 7.95. The maximum atomic E-state index is 11.9. The van der Waals surface area contributed by atoms with E-state index in [-0.39, 0.29) is 11.8 Å². The number of thiazole rings is 1. The van der Waals surface area contributed by atoms with Crippen LogP contribution >= 0.6 is 11.3 Å². The zero-order valence-corrected chi connectivity index (χ0v) is 14.6. The van der Waals surface area contributed by atoms with Crippen LogP contribution < -0.4 is 16.0 Å². The van der Waals surface area contributed by atoms with Crippen LogP contribution in [0.5, 0.6) is 0 Å². The van der Waals surface area contributed by atoms with Crippen molar-refractivity contribution in [1.29, 1.82) is 0 Å². The fraction of sp³-hybridized carbons (Fsp3) is 0.353. The fourth-order valence-electron chi connectivity index (χ4n) is 2.78. The summed E-state index contributed by atoms with van der Waals surface area (Å²) in [6.45, 7) is 3.34. The first kappa shape index (κ1) is 16.4. The number of guanidine groups is 1. The number of aromatic nitrogens is 1. The smallest absolute Gasteiger partial charge is 0.225 e. The van der Waals surface area contributed by atoms with Gasteiger partial charge in [0.1, 0.15) is 0 Å². The Hall–Kier alpha value is -2.41. The molecule has 6 nitrogen and oxygen atoms in total. The summed E-state index contributed by atoms with van der Waals surface area (Å²) in [5, 5.41) is 10.6. The third kappa shape index (κ3) is 3.91. The first-order valence-corrected chi connectivity index (χ1v) is 8.72. The number of nitrogens with zero attached hydrogens (tertiary/aromatic N) is 2. The molecule has 0 bridgehead atoms. The molecule has 1 aliphatic rings. The maximum absolute atomic E-state index is 11.9. The topological polar surface area (TPSA) is 78.4 Å². The number of para-hydroxylation sites is 1. The van der Waals surface area contributed by atoms with Gasteiger partial charge in [0, 0.05) is 42.7 Å². The first-order chi connectivity index (χ1) is 11.7. The molecular formula is C17H21N5OS. The van der Waals surface area contributed by atoms with Gasteiger partial charge in [-0.3, -0.25) is 9.79 Å². The second-order valence-corrected chi connectivity index (χ2v) is 7.01. The lowest BCUT2D eigenvalue weighted by atomic mass is 9.90. The van der Waals surface area contributed by atoms with Crippen LogP contribution in [0.25, 0.3) is 0 Å². The van der Waals surface area contributed by atoms with E-state index in [1.165, 1.54) is 0 Å². The summed E-state index contributed by atoms with van der Waals surface area (Å²) in [6.07, 6.45) is 2.36. The number of aliphatic imine (C=N–C) groups is 1. The van der Waals surface area contributed by atoms with Crippen LogP contribution in [0, 0.1) is 6.92 Å². The molecule has 2 heterocycles. The van der Waals surface area contributed by atoms with Crippen molar-refractivity contribution in [2.75, 3.05) is 18.9 Å². The Balaban J connectivity index is 1.59. The predicted octanol–water partition coefficient (Wildman–Crippen LogP) is 2.24. The van der Waals surface area contributed by atoms with Crippen molar-refractivity contribution >= 4 is 28.9 Å². The van der Waals surface area contributed by atoms with Crippen molar-refractivity contribution in [2.24, 2.45) is 4.99 Å². The SMILES string of the molecule is CN=C(NCc1cnc(C)s1)NCC1CC(=O)Nc2ccccc21. The molecule has 0 spiro atoms. The summed E-state index contributed by atoms with van der Waals surface area (Å²) in [5.74, 6) is 0.923. The van der Waals surface area contributed by atoms with Crippen LogP contribution in [0.1, 0.15) is 27.8 Å². The van der Waals surface area contributed by atoms with Crippen LogP contribution in [-0.4, -0.2) is 30.4 Å². The summed E-state index contributed by atoms with van der Waals surface area (Å²) in [5.41, 5.74) is 2.07. The van der Waals surface area contributed by atoms with Crippen LogP contribution in [0.2, 0.25) is 0 Å². The number of aryl methyl sites for hydroxylation is 1. The lowest BCUT2D eigenvalue weighted by Crippen LogP contribution is -2.40. The number of benzene rings is 1. The molecule has 3 N–H and O–H groups in total. The Morgan fingerprint density at radius 3 is 3.00 bits per heavy atom. The molecule has 1 aromatic heterocycles. The highest BCUT2D eigenvalue weighted by Crippen LogP contribution is 2.31. The minimum absolute atomic E-state index is 0.0589. The van der Waals surface area contributed by atoms with Crippen molar-refractivity contribution in [3.8, 4) is 0 Å². The van der Waals surface area contributed by atoms with Crippen molar-refractivity contribution < 1.29 is 4.79 Å². The molecule has 126 valence electrons. The van der Waals surface area contributed by atoms with E-state index in [1.807, 2.05) is 31.3 Å². The van der Waals surface area contributed by atoms with E-state index < -0.39 is 0 Å². The average molecular weight is 343 g/mol. The highest BCUT2D eigenvalue weighted by atomic mass is 32.1. The average Bonchev–Trinajstić information content (AvgIpc) is 3.00. The number of carbonyl (C=O) groups is 1. The Morgan fingerprint density at radius 2 is 2.25 bits per heavy atom. The molecule has 0 aliphatic carbocycles. The molecule has 1 atom stereocenters. The summed E-state index contributed by atoms with van der Waals surface area (Å²) in [7, 11) is 1.74. The van der Waals surface area contributed by atoms with E-state index in [0.29, 0.717) is 19.5 Å². The predicted molar refractivity (Wildman–Crippen MR) is 97.5 cm³/mol. The van der Waals surface area contributed by atoms with E-state index in [2.05, 4.69) is 32.0 Å². The van der Waals surface area contributed by atoms with Gasteiger partial charge in [0.05, 0.1) is 11.6 Å². The number of anilines is 1. The first-order valence-electron chi connectivity index (χ1n) is 7.90. The molecule has 1 aromatic carbocycles. The van der Waals surface area contributed by atoms with E-state index in [9.17, 15) is 4.79 Å². The van der Waals surface area contributed by atoms with Gasteiger partial charge in [-0.25, -0.2) is 4.98 Å². The molecule has 0 saturated carbocycles. The van der Waals surface area contributed by atoms with Gasteiger partial charge in [0.25, 0.3) is 0 Å². The number of carbonyl (C=O) groups excluding carboxylic acids is 1. The Labute approximate surface area is 145 Å². The normalized spacial score (nSPS) is 17.2. The molecule has 2 aromatic rings. The van der Waals surface area contributed by atoms with Crippen molar-refractivity contribution in [3.63, 3.8) is 0 Å². The third-order valence-corrected chi connectivity index (χ3v) is 4.86. The van der Waals surface area contributed by atoms with Crippen LogP contribution in [-0.2, 0) is 11.3 Å². The van der Waals surface area contributed by atoms with Gasteiger partial charge in [-0.05, 0) is 18.6 Å². The lowest BCUT2D eigenvalue weighted by molar-refractivity contribution is -0.116. The van der Waals surface area contributed by atoms with Gasteiger partial charge < -0.3 is 16.0 Å². The Morgan fingerprint density at radius 1 is 1.42 bits per heavy atom. The second-order valence-electron chi connectivity index (χ2n) is 5.69. The standard InChI is InChI=1S/C17H21N5OS/c1-11-19-9-13(24-11)10-21-17(18-2)20-8-12-7-16(23)22-15-6-4-3-5-14(12)15/h3-6,9,12H,7-8,10H2,1-2H3,(H,22,23)(H2,18,20,21). The molecule has 1 unspecified atom stereocenters. The zero-order chi connectivity index (χ0) is 16.9. The van der Waals surface area contributed by atoms with Gasteiger partial charge in [0.15, 0.2) is 5.96 Å². The molecule has 24 heavy (non-hydrogen) atoms. The summed E-state index contributed by atoms with van der Waals surface area (Å²) in [4.78, 5) is 21.5. The van der Waals surface area contributed by atoms with Crippen molar-refractivity contribution in [1.82, 2.24) is 15.6 Å². The molecule has 0 radical (unpaired) electrons. The maximum Gasteiger partial charge on any atom is 0.225 e. The van der Waals surface area contributed by atoms with E-state index >= 15 is 0 Å². The van der Waals surface area contributed by atoms with E-state index in [1.54, 1.807) is 18.4 Å². The largest absolute Gasteiger partial charge is 0.356 e. The second kappa shape index (κ2) is 7.44. The third-order valence-electron chi connectivity index (χ3n) is 3.95. The highest BCUT2D eigenvalue weighted by molar-refractivity contribution is 7.11. The number of amides is 1. The van der Waals surface area contributed by atoms with Crippen LogP contribution in [0.15, 0.2) is 35.5 Å². The minimum atomic E-state index is 0.0589. The highest BCUT2D eigenvalue weighted by Gasteiger charge is 2.24. The molecule has 7 heteroatoms. The van der Waals surface area contributed by atoms with E-state index in [0.717, 1.165) is 27.1 Å². The van der Waals surface area contributed by atoms with Gasteiger partial charge >= 0.3 is 0 Å². The van der Waals surface area contributed by atoms with Crippen molar-refractivity contribution in [2.45, 2.75) is 25.8 Å². The minimum Gasteiger partial charge on any atom is -0.356 e. The fourth-order valence-corrected chi connectivity index (χ4v) is 3.52. The van der Waals surface area contributed by atoms with Gasteiger partial charge in [-0.1, -0.05) is 18.2 Å². The van der Waals surface area contributed by atoms with Gasteiger partial charge in [-0.15, -0.1) is 11.3 Å². The zero-order valence-electron chi connectivity index (χ0n) is 13.8. The number of hydrogen-bond acceptors (Lipinski definition) is 4. The monoisotopic (exact) mass is 343 g/mol. The van der Waals surface area contributed by atoms with Crippen LogP contribution in [0.4, 0.5) is 5.69 Å². The number of nitrogens with one attached hydrogen (secondary N) is 3. The van der Waals surface area contributed by atoms with Crippen LogP contribution in [0.3, 0.4) is 0 Å². The van der Waals surface area contributed by atoms with E-state index in [4.69, 9.17) is 0 Å². The number of hydrogen-bond donors (Lipinski definition) is 3. The number of rotatable bonds is 4. The molecule has 1 amide bonds. The molecule has 0 saturated heterocycles. The van der Waals surface area contributed by atoms with Gasteiger partial charge in [0.2, 0.25) is 5.91 Å². The summed E-state index contributed by atoms with van der Waals surface area (Å²) >= 11 is 1.67. The Kier molecular flexibility index (Phi) is 5.10. The molecular weight excluding hydrogens is 322 g/mol.